The first-order valence-corrected chi connectivity index (χ1v) is 9.39. The van der Waals surface area contributed by atoms with Crippen LogP contribution < -0.4 is 9.47 Å². The van der Waals surface area contributed by atoms with Crippen molar-refractivity contribution in [2.45, 2.75) is 17.2 Å². The average molecular weight is 346 g/mol. The number of benzene rings is 1. The molecule has 1 aromatic heterocycles. The van der Waals surface area contributed by atoms with Gasteiger partial charge in [-0.25, -0.2) is 8.42 Å². The highest BCUT2D eigenvalue weighted by Crippen LogP contribution is 2.35. The molecule has 7 heteroatoms. The number of hydrogen-bond donors (Lipinski definition) is 0. The quantitative estimate of drug-likeness (QED) is 0.851. The van der Waals surface area contributed by atoms with Crippen LogP contribution in [0.5, 0.6) is 11.5 Å². The molecule has 2 aliphatic rings. The summed E-state index contributed by atoms with van der Waals surface area (Å²) in [6.07, 6.45) is 2.52. The number of aromatic nitrogens is 1. The Morgan fingerprint density at radius 2 is 1.92 bits per heavy atom. The summed E-state index contributed by atoms with van der Waals surface area (Å²) < 4.78 is 38.3. The number of fused-ring (bicyclic) bond motifs is 1. The zero-order valence-corrected chi connectivity index (χ0v) is 13.9. The second-order valence-corrected chi connectivity index (χ2v) is 7.85. The van der Waals surface area contributed by atoms with Crippen LogP contribution in [0.25, 0.3) is 0 Å². The number of sulfonamides is 1. The first-order valence-electron chi connectivity index (χ1n) is 7.95. The summed E-state index contributed by atoms with van der Waals surface area (Å²) in [6.45, 7) is 1.87. The molecule has 2 aliphatic heterocycles. The molecular formula is C17H18N2O4S. The van der Waals surface area contributed by atoms with Crippen molar-refractivity contribution in [3.05, 3.63) is 48.3 Å². The van der Waals surface area contributed by atoms with E-state index in [0.29, 0.717) is 37.8 Å². The molecule has 1 unspecified atom stereocenters. The van der Waals surface area contributed by atoms with Gasteiger partial charge in [-0.2, -0.15) is 4.31 Å². The number of ether oxygens (including phenoxy) is 2. The Hall–Kier alpha value is -2.12. The van der Waals surface area contributed by atoms with Crippen molar-refractivity contribution in [1.29, 1.82) is 0 Å². The summed E-state index contributed by atoms with van der Waals surface area (Å²) in [5, 5.41) is 0. The molecule has 2 aromatic rings. The highest BCUT2D eigenvalue weighted by molar-refractivity contribution is 7.89. The van der Waals surface area contributed by atoms with E-state index in [-0.39, 0.29) is 10.8 Å². The topological polar surface area (TPSA) is 68.7 Å². The van der Waals surface area contributed by atoms with E-state index >= 15 is 0 Å². The van der Waals surface area contributed by atoms with Crippen LogP contribution in [0, 0.1) is 0 Å². The number of hydrogen-bond acceptors (Lipinski definition) is 5. The predicted molar refractivity (Wildman–Crippen MR) is 87.8 cm³/mol. The van der Waals surface area contributed by atoms with Crippen molar-refractivity contribution in [1.82, 2.24) is 9.29 Å². The lowest BCUT2D eigenvalue weighted by Gasteiger charge is -2.21. The van der Waals surface area contributed by atoms with Crippen LogP contribution in [0.1, 0.15) is 18.0 Å². The molecule has 6 nitrogen and oxygen atoms in total. The fourth-order valence-electron chi connectivity index (χ4n) is 3.14. The molecule has 0 N–H and O–H groups in total. The van der Waals surface area contributed by atoms with Crippen LogP contribution in [-0.2, 0) is 10.0 Å². The molecule has 0 radical (unpaired) electrons. The monoisotopic (exact) mass is 346 g/mol. The minimum absolute atomic E-state index is 0.137. The smallest absolute Gasteiger partial charge is 0.243 e. The standard InChI is InChI=1S/C17H18N2O4S/c20-24(21,14-4-5-16-17(11-14)23-10-9-22-16)19-8-6-13(12-19)15-3-1-2-7-18-15/h1-5,7,11,13H,6,8-10,12H2. The molecule has 24 heavy (non-hydrogen) atoms. The normalized spacial score (nSPS) is 20.9. The molecule has 126 valence electrons. The second kappa shape index (κ2) is 6.07. The Kier molecular flexibility index (Phi) is 3.90. The minimum atomic E-state index is -3.54. The maximum Gasteiger partial charge on any atom is 0.243 e. The zero-order valence-electron chi connectivity index (χ0n) is 13.1. The molecular weight excluding hydrogens is 328 g/mol. The molecule has 0 bridgehead atoms. The second-order valence-electron chi connectivity index (χ2n) is 5.91. The molecule has 1 saturated heterocycles. The molecule has 0 saturated carbocycles. The lowest BCUT2D eigenvalue weighted by Crippen LogP contribution is -2.29. The summed E-state index contributed by atoms with van der Waals surface area (Å²) in [4.78, 5) is 4.59. The molecule has 0 spiro atoms. The predicted octanol–water partition coefficient (Wildman–Crippen LogP) is 2.03. The number of nitrogens with zero attached hydrogens (tertiary/aromatic N) is 2. The van der Waals surface area contributed by atoms with Gasteiger partial charge >= 0.3 is 0 Å². The summed E-state index contributed by atoms with van der Waals surface area (Å²) in [6, 6.07) is 10.5. The van der Waals surface area contributed by atoms with Crippen molar-refractivity contribution >= 4 is 10.0 Å². The molecule has 1 atom stereocenters. The van der Waals surface area contributed by atoms with Crippen molar-refractivity contribution in [2.75, 3.05) is 26.3 Å². The first kappa shape index (κ1) is 15.4. The van der Waals surface area contributed by atoms with Gasteiger partial charge in [-0.05, 0) is 30.7 Å². The molecule has 1 aromatic carbocycles. The van der Waals surface area contributed by atoms with E-state index in [2.05, 4.69) is 4.98 Å². The summed E-state index contributed by atoms with van der Waals surface area (Å²) in [5.41, 5.74) is 0.942. The maximum absolute atomic E-state index is 12.9. The van der Waals surface area contributed by atoms with Crippen LogP contribution in [-0.4, -0.2) is 44.0 Å². The fourth-order valence-corrected chi connectivity index (χ4v) is 4.65. The summed E-state index contributed by atoms with van der Waals surface area (Å²) in [5.74, 6) is 1.22. The zero-order chi connectivity index (χ0) is 16.6. The van der Waals surface area contributed by atoms with Gasteiger partial charge in [0.05, 0.1) is 4.90 Å². The number of pyridine rings is 1. The van der Waals surface area contributed by atoms with Crippen molar-refractivity contribution < 1.29 is 17.9 Å². The third-order valence-electron chi connectivity index (χ3n) is 4.41. The third-order valence-corrected chi connectivity index (χ3v) is 6.27. The fraction of sp³-hybridized carbons (Fsp3) is 0.353. The Morgan fingerprint density at radius 1 is 1.08 bits per heavy atom. The minimum Gasteiger partial charge on any atom is -0.486 e. The molecule has 1 fully saturated rings. The lowest BCUT2D eigenvalue weighted by molar-refractivity contribution is 0.171. The molecule has 4 rings (SSSR count). The van der Waals surface area contributed by atoms with Gasteiger partial charge in [0.1, 0.15) is 13.2 Å². The van der Waals surface area contributed by atoms with Crippen LogP contribution in [0.15, 0.2) is 47.5 Å². The van der Waals surface area contributed by atoms with Gasteiger partial charge in [-0.3, -0.25) is 4.98 Å². The van der Waals surface area contributed by atoms with Gasteiger partial charge in [0.2, 0.25) is 10.0 Å². The van der Waals surface area contributed by atoms with E-state index in [1.807, 2.05) is 18.2 Å². The Balaban J connectivity index is 1.57. The van der Waals surface area contributed by atoms with Crippen LogP contribution in [0.3, 0.4) is 0 Å². The number of rotatable bonds is 3. The SMILES string of the molecule is O=S(=O)(c1ccc2c(c1)OCCO2)N1CCC(c2ccccn2)C1. The molecule has 0 aliphatic carbocycles. The van der Waals surface area contributed by atoms with Crippen molar-refractivity contribution in [2.24, 2.45) is 0 Å². The van der Waals surface area contributed by atoms with Crippen LogP contribution >= 0.6 is 0 Å². The summed E-state index contributed by atoms with van der Waals surface area (Å²) >= 11 is 0. The molecule has 0 amide bonds. The van der Waals surface area contributed by atoms with Gasteiger partial charge in [0, 0.05) is 37.0 Å². The van der Waals surface area contributed by atoms with Crippen LogP contribution in [0.4, 0.5) is 0 Å². The first-order chi connectivity index (χ1) is 11.6. The van der Waals surface area contributed by atoms with E-state index in [1.54, 1.807) is 24.4 Å². The van der Waals surface area contributed by atoms with Gasteiger partial charge in [0.15, 0.2) is 11.5 Å². The largest absolute Gasteiger partial charge is 0.486 e. The van der Waals surface area contributed by atoms with E-state index in [9.17, 15) is 8.42 Å². The van der Waals surface area contributed by atoms with Crippen molar-refractivity contribution in [3.8, 4) is 11.5 Å². The van der Waals surface area contributed by atoms with E-state index in [4.69, 9.17) is 9.47 Å². The summed E-state index contributed by atoms with van der Waals surface area (Å²) in [7, 11) is -3.54. The molecule has 3 heterocycles. The highest BCUT2D eigenvalue weighted by atomic mass is 32.2. The van der Waals surface area contributed by atoms with Gasteiger partial charge in [-0.15, -0.1) is 0 Å². The van der Waals surface area contributed by atoms with Crippen LogP contribution in [0.2, 0.25) is 0 Å². The van der Waals surface area contributed by atoms with Gasteiger partial charge in [0.25, 0.3) is 0 Å². The Labute approximate surface area is 141 Å². The van der Waals surface area contributed by atoms with Crippen molar-refractivity contribution in [3.63, 3.8) is 0 Å². The third kappa shape index (κ3) is 2.74. The van der Waals surface area contributed by atoms with E-state index in [1.165, 1.54) is 4.31 Å². The van der Waals surface area contributed by atoms with E-state index < -0.39 is 10.0 Å². The lowest BCUT2D eigenvalue weighted by atomic mass is 10.0. The Bertz CT molecular complexity index is 839. The Morgan fingerprint density at radius 3 is 2.71 bits per heavy atom. The van der Waals surface area contributed by atoms with Gasteiger partial charge in [-0.1, -0.05) is 6.07 Å². The van der Waals surface area contributed by atoms with Gasteiger partial charge < -0.3 is 9.47 Å². The maximum atomic E-state index is 12.9. The average Bonchev–Trinajstić information content (AvgIpc) is 3.13. The highest BCUT2D eigenvalue weighted by Gasteiger charge is 2.34. The van der Waals surface area contributed by atoms with E-state index in [0.717, 1.165) is 12.1 Å².